The zero-order valence-corrected chi connectivity index (χ0v) is 10.3. The third-order valence-electron chi connectivity index (χ3n) is 2.75. The lowest BCUT2D eigenvalue weighted by molar-refractivity contribution is 0.0989. The molecule has 0 aliphatic carbocycles. The number of hydrogen-bond donors (Lipinski definition) is 0. The first kappa shape index (κ1) is 12.5. The monoisotopic (exact) mass is 246 g/mol. The van der Waals surface area contributed by atoms with Gasteiger partial charge in [-0.1, -0.05) is 6.92 Å². The van der Waals surface area contributed by atoms with Gasteiger partial charge in [-0.3, -0.25) is 4.79 Å². The van der Waals surface area contributed by atoms with E-state index in [-0.39, 0.29) is 18.0 Å². The van der Waals surface area contributed by atoms with E-state index in [1.54, 1.807) is 6.20 Å². The number of rotatable bonds is 5. The summed E-state index contributed by atoms with van der Waals surface area (Å²) in [7, 11) is 0. The normalized spacial score (nSPS) is 10.6. The third-order valence-corrected chi connectivity index (χ3v) is 2.75. The van der Waals surface area contributed by atoms with Crippen LogP contribution in [0.2, 0.25) is 0 Å². The molecule has 0 bridgehead atoms. The molecule has 0 spiro atoms. The van der Waals surface area contributed by atoms with Gasteiger partial charge in [0.05, 0.1) is 6.42 Å². The van der Waals surface area contributed by atoms with Crippen LogP contribution in [0.25, 0.3) is 0 Å². The van der Waals surface area contributed by atoms with Gasteiger partial charge in [-0.25, -0.2) is 9.37 Å². The summed E-state index contributed by atoms with van der Waals surface area (Å²) in [5.41, 5.74) is 0.516. The predicted octanol–water partition coefficient (Wildman–Crippen LogP) is 2.86. The number of Topliss-reactive ketones (excluding diaryl/α,β-unsaturated/α-hetero) is 1. The average Bonchev–Trinajstić information content (AvgIpc) is 2.78. The number of hydrogen-bond acceptors (Lipinski definition) is 2. The molecule has 2 aromatic rings. The Kier molecular flexibility index (Phi) is 3.87. The van der Waals surface area contributed by atoms with E-state index in [2.05, 4.69) is 11.9 Å². The van der Waals surface area contributed by atoms with Crippen LogP contribution in [0.5, 0.6) is 0 Å². The molecule has 0 N–H and O–H groups in total. The smallest absolute Gasteiger partial charge is 0.170 e. The van der Waals surface area contributed by atoms with E-state index in [1.807, 2.05) is 10.8 Å². The van der Waals surface area contributed by atoms with Gasteiger partial charge in [0.25, 0.3) is 0 Å². The van der Waals surface area contributed by atoms with Crippen molar-refractivity contribution in [2.75, 3.05) is 0 Å². The van der Waals surface area contributed by atoms with Crippen LogP contribution in [0.15, 0.2) is 36.7 Å². The zero-order chi connectivity index (χ0) is 13.0. The summed E-state index contributed by atoms with van der Waals surface area (Å²) in [5.74, 6) is 0.378. The highest BCUT2D eigenvalue weighted by atomic mass is 19.1. The lowest BCUT2D eigenvalue weighted by Crippen LogP contribution is -2.10. The molecular weight excluding hydrogens is 231 g/mol. The first-order valence-electron chi connectivity index (χ1n) is 5.99. The second-order valence-electron chi connectivity index (χ2n) is 4.14. The molecule has 0 unspecified atom stereocenters. The molecule has 18 heavy (non-hydrogen) atoms. The number of benzene rings is 1. The SMILES string of the molecule is CCCn1ccnc1CC(=O)c1ccc(F)cc1. The number of halogens is 1. The molecule has 1 aromatic heterocycles. The van der Waals surface area contributed by atoms with E-state index < -0.39 is 0 Å². The van der Waals surface area contributed by atoms with Crippen molar-refractivity contribution in [3.05, 3.63) is 53.9 Å². The summed E-state index contributed by atoms with van der Waals surface area (Å²) in [5, 5.41) is 0. The summed E-state index contributed by atoms with van der Waals surface area (Å²) in [6, 6.07) is 5.60. The first-order chi connectivity index (χ1) is 8.70. The van der Waals surface area contributed by atoms with E-state index in [9.17, 15) is 9.18 Å². The van der Waals surface area contributed by atoms with Gasteiger partial charge in [0.2, 0.25) is 0 Å². The highest BCUT2D eigenvalue weighted by Crippen LogP contribution is 2.08. The van der Waals surface area contributed by atoms with Crippen LogP contribution < -0.4 is 0 Å². The maximum absolute atomic E-state index is 12.8. The highest BCUT2D eigenvalue weighted by Gasteiger charge is 2.11. The number of aryl methyl sites for hydroxylation is 1. The fraction of sp³-hybridized carbons (Fsp3) is 0.286. The Hall–Kier alpha value is -1.97. The molecule has 0 amide bonds. The Morgan fingerprint density at radius 3 is 2.72 bits per heavy atom. The van der Waals surface area contributed by atoms with Crippen molar-refractivity contribution in [2.45, 2.75) is 26.3 Å². The van der Waals surface area contributed by atoms with Crippen molar-refractivity contribution in [1.82, 2.24) is 9.55 Å². The molecule has 3 nitrogen and oxygen atoms in total. The zero-order valence-electron chi connectivity index (χ0n) is 10.3. The van der Waals surface area contributed by atoms with E-state index in [4.69, 9.17) is 0 Å². The number of carbonyl (C=O) groups is 1. The Morgan fingerprint density at radius 2 is 2.06 bits per heavy atom. The van der Waals surface area contributed by atoms with E-state index in [0.717, 1.165) is 18.8 Å². The molecule has 0 saturated heterocycles. The molecule has 0 fully saturated rings. The molecular formula is C14H15FN2O. The minimum atomic E-state index is -0.334. The molecule has 0 aliphatic heterocycles. The van der Waals surface area contributed by atoms with Gasteiger partial charge in [-0.2, -0.15) is 0 Å². The fourth-order valence-corrected chi connectivity index (χ4v) is 1.83. The Labute approximate surface area is 105 Å². The Bertz CT molecular complexity index is 531. The van der Waals surface area contributed by atoms with Gasteiger partial charge in [0.1, 0.15) is 11.6 Å². The van der Waals surface area contributed by atoms with Crippen LogP contribution in [-0.2, 0) is 13.0 Å². The van der Waals surface area contributed by atoms with E-state index in [1.165, 1.54) is 24.3 Å². The van der Waals surface area contributed by atoms with Crippen molar-refractivity contribution in [1.29, 1.82) is 0 Å². The second-order valence-corrected chi connectivity index (χ2v) is 4.14. The molecule has 2 rings (SSSR count). The Balaban J connectivity index is 2.11. The summed E-state index contributed by atoms with van der Waals surface area (Å²) in [6.45, 7) is 2.93. The van der Waals surface area contributed by atoms with Crippen LogP contribution in [0.1, 0.15) is 29.5 Å². The summed E-state index contributed by atoms with van der Waals surface area (Å²) in [4.78, 5) is 16.2. The molecule has 0 saturated carbocycles. The highest BCUT2D eigenvalue weighted by molar-refractivity contribution is 5.97. The van der Waals surface area contributed by atoms with Gasteiger partial charge in [0, 0.05) is 24.5 Å². The number of imidazole rings is 1. The molecule has 0 radical (unpaired) electrons. The Morgan fingerprint density at radius 1 is 1.33 bits per heavy atom. The van der Waals surface area contributed by atoms with Gasteiger partial charge in [0.15, 0.2) is 5.78 Å². The molecule has 0 atom stereocenters. The van der Waals surface area contributed by atoms with Crippen molar-refractivity contribution < 1.29 is 9.18 Å². The van der Waals surface area contributed by atoms with Crippen LogP contribution in [-0.4, -0.2) is 15.3 Å². The quantitative estimate of drug-likeness (QED) is 0.760. The van der Waals surface area contributed by atoms with Crippen molar-refractivity contribution in [2.24, 2.45) is 0 Å². The van der Waals surface area contributed by atoms with Gasteiger partial charge >= 0.3 is 0 Å². The van der Waals surface area contributed by atoms with Crippen molar-refractivity contribution in [3.8, 4) is 0 Å². The number of aromatic nitrogens is 2. The molecule has 1 heterocycles. The average molecular weight is 246 g/mol. The standard InChI is InChI=1S/C14H15FN2O/c1-2-8-17-9-7-16-14(17)10-13(18)11-3-5-12(15)6-4-11/h3-7,9H,2,8,10H2,1H3. The number of nitrogens with zero attached hydrogens (tertiary/aromatic N) is 2. The number of carbonyl (C=O) groups excluding carboxylic acids is 1. The van der Waals surface area contributed by atoms with Crippen LogP contribution in [0, 0.1) is 5.82 Å². The van der Waals surface area contributed by atoms with Gasteiger partial charge in [-0.05, 0) is 30.7 Å². The van der Waals surface area contributed by atoms with E-state index >= 15 is 0 Å². The van der Waals surface area contributed by atoms with Crippen LogP contribution in [0.4, 0.5) is 4.39 Å². The van der Waals surface area contributed by atoms with Crippen molar-refractivity contribution in [3.63, 3.8) is 0 Å². The largest absolute Gasteiger partial charge is 0.335 e. The minimum absolute atomic E-state index is 0.0430. The summed E-state index contributed by atoms with van der Waals surface area (Å²) >= 11 is 0. The van der Waals surface area contributed by atoms with Crippen LogP contribution in [0.3, 0.4) is 0 Å². The predicted molar refractivity (Wildman–Crippen MR) is 67.0 cm³/mol. The minimum Gasteiger partial charge on any atom is -0.335 e. The maximum Gasteiger partial charge on any atom is 0.170 e. The van der Waals surface area contributed by atoms with Gasteiger partial charge in [-0.15, -0.1) is 0 Å². The number of ketones is 1. The third kappa shape index (κ3) is 2.83. The van der Waals surface area contributed by atoms with Crippen molar-refractivity contribution >= 4 is 5.78 Å². The van der Waals surface area contributed by atoms with Gasteiger partial charge < -0.3 is 4.57 Å². The lowest BCUT2D eigenvalue weighted by Gasteiger charge is -2.05. The molecule has 94 valence electrons. The van der Waals surface area contributed by atoms with Crippen LogP contribution >= 0.6 is 0 Å². The summed E-state index contributed by atoms with van der Waals surface area (Å²) < 4.78 is 14.7. The molecule has 1 aromatic carbocycles. The summed E-state index contributed by atoms with van der Waals surface area (Å²) in [6.07, 6.45) is 4.81. The second kappa shape index (κ2) is 5.58. The molecule has 4 heteroatoms. The fourth-order valence-electron chi connectivity index (χ4n) is 1.83. The maximum atomic E-state index is 12.8. The lowest BCUT2D eigenvalue weighted by atomic mass is 10.1. The first-order valence-corrected chi connectivity index (χ1v) is 5.99. The molecule has 0 aliphatic rings. The topological polar surface area (TPSA) is 34.9 Å². The van der Waals surface area contributed by atoms with E-state index in [0.29, 0.717) is 5.56 Å².